The molecule has 150 valence electrons. The number of carbonyl (C=O) groups is 1. The van der Waals surface area contributed by atoms with Gasteiger partial charge in [0.25, 0.3) is 5.91 Å². The lowest BCUT2D eigenvalue weighted by Crippen LogP contribution is -2.50. The smallest absolute Gasteiger partial charge is 0.257 e. The molecule has 1 aliphatic heterocycles. The Bertz CT molecular complexity index is 972. The molecule has 7 nitrogen and oxygen atoms in total. The third-order valence-corrected chi connectivity index (χ3v) is 6.49. The fraction of sp³-hybridized carbons (Fsp3) is 0.316. The van der Waals surface area contributed by atoms with Crippen molar-refractivity contribution in [2.24, 2.45) is 0 Å². The van der Waals surface area contributed by atoms with Crippen LogP contribution in [0.15, 0.2) is 47.4 Å². The summed E-state index contributed by atoms with van der Waals surface area (Å²) in [7, 11) is -0.831. The van der Waals surface area contributed by atoms with Crippen molar-refractivity contribution in [3.05, 3.63) is 53.8 Å². The number of amides is 1. The van der Waals surface area contributed by atoms with Crippen LogP contribution in [0.4, 0.5) is 4.39 Å². The molecule has 0 aliphatic carbocycles. The second kappa shape index (κ2) is 8.15. The number of carbonyl (C=O) groups excluding carboxylic acids is 1. The quantitative estimate of drug-likeness (QED) is 0.756. The van der Waals surface area contributed by atoms with Gasteiger partial charge in [-0.2, -0.15) is 4.31 Å². The maximum absolute atomic E-state index is 13.4. The zero-order valence-electron chi connectivity index (χ0n) is 15.6. The Morgan fingerprint density at radius 2 is 1.71 bits per heavy atom. The lowest BCUT2D eigenvalue weighted by Gasteiger charge is -2.34. The zero-order chi connectivity index (χ0) is 20.3. The highest BCUT2D eigenvalue weighted by atomic mass is 32.2. The van der Waals surface area contributed by atoms with Crippen molar-refractivity contribution in [3.8, 4) is 11.5 Å². The van der Waals surface area contributed by atoms with Gasteiger partial charge in [-0.1, -0.05) is 6.07 Å². The summed E-state index contributed by atoms with van der Waals surface area (Å²) in [6.45, 7) is 0.676. The van der Waals surface area contributed by atoms with Gasteiger partial charge in [0.1, 0.15) is 17.3 Å². The standard InChI is InChI=1S/C19H21FN2O5S/c1-26-15-6-7-18(27-2)17(13-15)19(23)21-8-10-22(11-9-21)28(24,25)16-5-3-4-14(20)12-16/h3-7,12-13H,8-11H2,1-2H3. The van der Waals surface area contributed by atoms with Crippen LogP contribution in [0.25, 0.3) is 0 Å². The number of benzene rings is 2. The molecule has 0 radical (unpaired) electrons. The van der Waals surface area contributed by atoms with Gasteiger partial charge < -0.3 is 14.4 Å². The van der Waals surface area contributed by atoms with Crippen LogP contribution < -0.4 is 9.47 Å². The fourth-order valence-corrected chi connectivity index (χ4v) is 4.51. The monoisotopic (exact) mass is 408 g/mol. The Kier molecular flexibility index (Phi) is 5.85. The van der Waals surface area contributed by atoms with E-state index in [4.69, 9.17) is 9.47 Å². The Morgan fingerprint density at radius 3 is 2.32 bits per heavy atom. The molecule has 1 aliphatic rings. The maximum atomic E-state index is 13.4. The molecular formula is C19H21FN2O5S. The number of nitrogens with zero attached hydrogens (tertiary/aromatic N) is 2. The van der Waals surface area contributed by atoms with Gasteiger partial charge in [0.05, 0.1) is 24.7 Å². The second-order valence-electron chi connectivity index (χ2n) is 6.22. The van der Waals surface area contributed by atoms with Crippen molar-refractivity contribution in [1.29, 1.82) is 0 Å². The first-order valence-corrected chi connectivity index (χ1v) is 10.1. The van der Waals surface area contributed by atoms with E-state index in [9.17, 15) is 17.6 Å². The van der Waals surface area contributed by atoms with Crippen molar-refractivity contribution in [2.75, 3.05) is 40.4 Å². The Hall–Kier alpha value is -2.65. The number of halogens is 1. The molecular weight excluding hydrogens is 387 g/mol. The normalized spacial score (nSPS) is 15.3. The molecule has 0 aromatic heterocycles. The predicted molar refractivity (Wildman–Crippen MR) is 101 cm³/mol. The van der Waals surface area contributed by atoms with Crippen LogP contribution in [0.5, 0.6) is 11.5 Å². The molecule has 0 atom stereocenters. The summed E-state index contributed by atoms with van der Waals surface area (Å²) >= 11 is 0. The summed E-state index contributed by atoms with van der Waals surface area (Å²) in [5.74, 6) is 0.0654. The largest absolute Gasteiger partial charge is 0.497 e. The average Bonchev–Trinajstić information content (AvgIpc) is 2.72. The van der Waals surface area contributed by atoms with Crippen LogP contribution in [0, 0.1) is 5.82 Å². The summed E-state index contributed by atoms with van der Waals surface area (Å²) < 4.78 is 50.5. The Labute approximate surface area is 163 Å². The Balaban J connectivity index is 1.74. The summed E-state index contributed by atoms with van der Waals surface area (Å²) in [5, 5.41) is 0. The van der Waals surface area contributed by atoms with Gasteiger partial charge in [-0.15, -0.1) is 0 Å². The van der Waals surface area contributed by atoms with Crippen LogP contribution in [0.1, 0.15) is 10.4 Å². The molecule has 0 spiro atoms. The van der Waals surface area contributed by atoms with E-state index in [0.29, 0.717) is 17.1 Å². The van der Waals surface area contributed by atoms with E-state index in [-0.39, 0.29) is 37.0 Å². The highest BCUT2D eigenvalue weighted by molar-refractivity contribution is 7.89. The number of ether oxygens (including phenoxy) is 2. The van der Waals surface area contributed by atoms with Crippen molar-refractivity contribution >= 4 is 15.9 Å². The van der Waals surface area contributed by atoms with E-state index < -0.39 is 15.8 Å². The molecule has 1 heterocycles. The molecule has 9 heteroatoms. The minimum atomic E-state index is -3.81. The number of piperazine rings is 1. The maximum Gasteiger partial charge on any atom is 0.257 e. The van der Waals surface area contributed by atoms with E-state index in [2.05, 4.69) is 0 Å². The van der Waals surface area contributed by atoms with Gasteiger partial charge in [0.15, 0.2) is 0 Å². The van der Waals surface area contributed by atoms with E-state index in [1.807, 2.05) is 0 Å². The summed E-state index contributed by atoms with van der Waals surface area (Å²) in [6, 6.07) is 9.84. The Morgan fingerprint density at radius 1 is 1.00 bits per heavy atom. The van der Waals surface area contributed by atoms with Crippen LogP contribution in [0.2, 0.25) is 0 Å². The van der Waals surface area contributed by atoms with E-state index >= 15 is 0 Å². The van der Waals surface area contributed by atoms with Crippen molar-refractivity contribution in [2.45, 2.75) is 4.90 Å². The lowest BCUT2D eigenvalue weighted by atomic mass is 10.1. The molecule has 28 heavy (non-hydrogen) atoms. The SMILES string of the molecule is COc1ccc(OC)c(C(=O)N2CCN(S(=O)(=O)c3cccc(F)c3)CC2)c1. The van der Waals surface area contributed by atoms with Gasteiger partial charge in [-0.05, 0) is 36.4 Å². The van der Waals surface area contributed by atoms with Crippen LogP contribution in [-0.2, 0) is 10.0 Å². The van der Waals surface area contributed by atoms with Crippen molar-refractivity contribution in [3.63, 3.8) is 0 Å². The number of hydrogen-bond donors (Lipinski definition) is 0. The number of hydrogen-bond acceptors (Lipinski definition) is 5. The second-order valence-corrected chi connectivity index (χ2v) is 8.16. The summed E-state index contributed by atoms with van der Waals surface area (Å²) in [5.41, 5.74) is 0.350. The highest BCUT2D eigenvalue weighted by Crippen LogP contribution is 2.26. The lowest BCUT2D eigenvalue weighted by molar-refractivity contribution is 0.0694. The van der Waals surface area contributed by atoms with Gasteiger partial charge in [0, 0.05) is 26.2 Å². The van der Waals surface area contributed by atoms with Gasteiger partial charge >= 0.3 is 0 Å². The molecule has 0 unspecified atom stereocenters. The minimum absolute atomic E-state index is 0.0956. The van der Waals surface area contributed by atoms with E-state index in [0.717, 1.165) is 6.07 Å². The molecule has 1 fully saturated rings. The number of rotatable bonds is 5. The van der Waals surface area contributed by atoms with Crippen LogP contribution in [0.3, 0.4) is 0 Å². The third kappa shape index (κ3) is 3.95. The molecule has 0 saturated carbocycles. The van der Waals surface area contributed by atoms with Crippen molar-refractivity contribution < 1.29 is 27.1 Å². The molecule has 1 amide bonds. The average molecular weight is 408 g/mol. The fourth-order valence-electron chi connectivity index (χ4n) is 3.06. The van der Waals surface area contributed by atoms with Gasteiger partial charge in [-0.25, -0.2) is 12.8 Å². The van der Waals surface area contributed by atoms with E-state index in [1.54, 1.807) is 23.1 Å². The molecule has 2 aromatic rings. The zero-order valence-corrected chi connectivity index (χ0v) is 16.4. The number of methoxy groups -OCH3 is 2. The summed E-state index contributed by atoms with van der Waals surface area (Å²) in [4.78, 5) is 14.4. The molecule has 1 saturated heterocycles. The van der Waals surface area contributed by atoms with Gasteiger partial charge in [0.2, 0.25) is 10.0 Å². The molecule has 0 bridgehead atoms. The van der Waals surface area contributed by atoms with E-state index in [1.165, 1.54) is 36.7 Å². The summed E-state index contributed by atoms with van der Waals surface area (Å²) in [6.07, 6.45) is 0. The van der Waals surface area contributed by atoms with Crippen LogP contribution in [-0.4, -0.2) is 63.9 Å². The topological polar surface area (TPSA) is 76.2 Å². The number of sulfonamides is 1. The molecule has 3 rings (SSSR count). The first kappa shape index (κ1) is 20.1. The first-order valence-electron chi connectivity index (χ1n) is 8.64. The molecule has 2 aromatic carbocycles. The highest BCUT2D eigenvalue weighted by Gasteiger charge is 2.31. The van der Waals surface area contributed by atoms with Crippen LogP contribution >= 0.6 is 0 Å². The molecule has 0 N–H and O–H groups in total. The minimum Gasteiger partial charge on any atom is -0.497 e. The van der Waals surface area contributed by atoms with Gasteiger partial charge in [-0.3, -0.25) is 4.79 Å². The van der Waals surface area contributed by atoms with Crippen molar-refractivity contribution in [1.82, 2.24) is 9.21 Å². The predicted octanol–water partition coefficient (Wildman–Crippen LogP) is 1.99. The third-order valence-electron chi connectivity index (χ3n) is 4.60. The first-order chi connectivity index (χ1) is 13.4.